The van der Waals surface area contributed by atoms with Gasteiger partial charge < -0.3 is 5.11 Å². The van der Waals surface area contributed by atoms with Crippen molar-refractivity contribution < 1.29 is 9.90 Å². The molecule has 2 rings (SSSR count). The maximum absolute atomic E-state index is 10.9. The molecule has 1 heterocycles. The molecule has 0 unspecified atom stereocenters. The van der Waals surface area contributed by atoms with Crippen molar-refractivity contribution in [2.75, 3.05) is 0 Å². The van der Waals surface area contributed by atoms with Gasteiger partial charge in [-0.15, -0.1) is 0 Å². The number of nitrogens with zero attached hydrogens (tertiary/aromatic N) is 1. The zero-order valence-electron chi connectivity index (χ0n) is 7.48. The van der Waals surface area contributed by atoms with Crippen LogP contribution in [0.4, 0.5) is 0 Å². The predicted molar refractivity (Wildman–Crippen MR) is 61.1 cm³/mol. The highest BCUT2D eigenvalue weighted by molar-refractivity contribution is 14.1. The molecular formula is C10H10INO2. The minimum absolute atomic E-state index is 0.384. The van der Waals surface area contributed by atoms with Gasteiger partial charge in [0.1, 0.15) is 6.04 Å². The number of benzene rings is 1. The van der Waals surface area contributed by atoms with Gasteiger partial charge in [0.15, 0.2) is 0 Å². The molecule has 1 N–H and O–H groups in total. The SMILES string of the molecule is O=C(O)[C@@H]1Cc2ccccc2CN1I. The first-order valence-electron chi connectivity index (χ1n) is 4.40. The molecule has 74 valence electrons. The first kappa shape index (κ1) is 9.92. The van der Waals surface area contributed by atoms with E-state index in [0.29, 0.717) is 13.0 Å². The van der Waals surface area contributed by atoms with E-state index in [9.17, 15) is 4.79 Å². The molecule has 0 aliphatic carbocycles. The van der Waals surface area contributed by atoms with Crippen molar-refractivity contribution in [2.45, 2.75) is 19.0 Å². The average molecular weight is 303 g/mol. The number of hydrogen-bond donors (Lipinski definition) is 1. The van der Waals surface area contributed by atoms with Crippen LogP contribution in [0.3, 0.4) is 0 Å². The van der Waals surface area contributed by atoms with E-state index < -0.39 is 5.97 Å². The van der Waals surface area contributed by atoms with E-state index in [0.717, 1.165) is 5.56 Å². The van der Waals surface area contributed by atoms with Crippen LogP contribution in [-0.2, 0) is 17.8 Å². The Morgan fingerprint density at radius 1 is 1.43 bits per heavy atom. The Bertz CT molecular complexity index is 367. The van der Waals surface area contributed by atoms with Gasteiger partial charge in [-0.2, -0.15) is 0 Å². The van der Waals surface area contributed by atoms with Crippen LogP contribution in [0.25, 0.3) is 0 Å². The molecule has 1 aliphatic rings. The van der Waals surface area contributed by atoms with Crippen LogP contribution in [-0.4, -0.2) is 20.2 Å². The number of carboxylic acid groups (broad SMARTS) is 1. The summed E-state index contributed by atoms with van der Waals surface area (Å²) in [6.07, 6.45) is 0.606. The van der Waals surface area contributed by atoms with Crippen molar-refractivity contribution in [1.82, 2.24) is 3.11 Å². The van der Waals surface area contributed by atoms with E-state index in [-0.39, 0.29) is 6.04 Å². The third kappa shape index (κ3) is 1.76. The van der Waals surface area contributed by atoms with E-state index in [1.165, 1.54) is 5.56 Å². The van der Waals surface area contributed by atoms with Crippen LogP contribution in [0.2, 0.25) is 0 Å². The fourth-order valence-electron chi connectivity index (χ4n) is 1.70. The van der Waals surface area contributed by atoms with E-state index in [1.807, 2.05) is 21.3 Å². The van der Waals surface area contributed by atoms with E-state index in [4.69, 9.17) is 5.11 Å². The summed E-state index contributed by atoms with van der Waals surface area (Å²) < 4.78 is 1.85. The Hall–Kier alpha value is -0.620. The summed E-state index contributed by atoms with van der Waals surface area (Å²) >= 11 is 2.08. The summed E-state index contributed by atoms with van der Waals surface area (Å²) in [5.41, 5.74) is 2.40. The second kappa shape index (κ2) is 3.86. The molecule has 0 saturated carbocycles. The van der Waals surface area contributed by atoms with Crippen LogP contribution in [0, 0.1) is 0 Å². The number of halogens is 1. The lowest BCUT2D eigenvalue weighted by Gasteiger charge is -2.29. The molecular weight excluding hydrogens is 293 g/mol. The van der Waals surface area contributed by atoms with Crippen molar-refractivity contribution in [3.63, 3.8) is 0 Å². The van der Waals surface area contributed by atoms with Crippen LogP contribution in [0.15, 0.2) is 24.3 Å². The first-order valence-corrected chi connectivity index (χ1v) is 5.37. The second-order valence-corrected chi connectivity index (χ2v) is 4.62. The predicted octanol–water partition coefficient (Wildman–Crippen LogP) is 1.85. The zero-order valence-corrected chi connectivity index (χ0v) is 9.64. The van der Waals surface area contributed by atoms with E-state index in [2.05, 4.69) is 28.9 Å². The fraction of sp³-hybridized carbons (Fsp3) is 0.300. The molecule has 0 saturated heterocycles. The Balaban J connectivity index is 2.31. The van der Waals surface area contributed by atoms with Gasteiger partial charge in [0, 0.05) is 29.4 Å². The molecule has 1 aromatic carbocycles. The topological polar surface area (TPSA) is 40.5 Å². The van der Waals surface area contributed by atoms with Crippen molar-refractivity contribution in [3.8, 4) is 0 Å². The number of carboxylic acids is 1. The normalized spacial score (nSPS) is 21.6. The summed E-state index contributed by atoms with van der Waals surface area (Å²) in [6, 6.07) is 7.63. The Labute approximate surface area is 96.2 Å². The minimum Gasteiger partial charge on any atom is -0.480 e. The molecule has 14 heavy (non-hydrogen) atoms. The molecule has 0 fully saturated rings. The van der Waals surface area contributed by atoms with Crippen molar-refractivity contribution in [1.29, 1.82) is 0 Å². The van der Waals surface area contributed by atoms with Crippen LogP contribution in [0.1, 0.15) is 11.1 Å². The standard InChI is InChI=1S/C10H10INO2/c11-12-6-8-4-2-1-3-7(8)5-9(12)10(13)14/h1-4,9H,5-6H2,(H,13,14)/t9-/m0/s1. The number of carbonyl (C=O) groups is 1. The van der Waals surface area contributed by atoms with Gasteiger partial charge in [0.2, 0.25) is 0 Å². The van der Waals surface area contributed by atoms with Crippen molar-refractivity contribution in [2.24, 2.45) is 0 Å². The number of rotatable bonds is 1. The Morgan fingerprint density at radius 2 is 2.07 bits per heavy atom. The molecule has 0 aromatic heterocycles. The summed E-state index contributed by atoms with van der Waals surface area (Å²) in [4.78, 5) is 10.9. The molecule has 1 aromatic rings. The largest absolute Gasteiger partial charge is 0.480 e. The lowest BCUT2D eigenvalue weighted by atomic mass is 9.96. The molecule has 0 amide bonds. The van der Waals surface area contributed by atoms with Gasteiger partial charge in [-0.3, -0.25) is 4.79 Å². The number of aliphatic carboxylic acids is 1. The van der Waals surface area contributed by atoms with Crippen LogP contribution in [0.5, 0.6) is 0 Å². The second-order valence-electron chi connectivity index (χ2n) is 3.38. The zero-order chi connectivity index (χ0) is 10.1. The van der Waals surface area contributed by atoms with Gasteiger partial charge in [0.05, 0.1) is 0 Å². The first-order chi connectivity index (χ1) is 6.68. The van der Waals surface area contributed by atoms with Gasteiger partial charge in [-0.05, 0) is 17.5 Å². The molecule has 3 nitrogen and oxygen atoms in total. The quantitative estimate of drug-likeness (QED) is 0.636. The molecule has 0 bridgehead atoms. The molecule has 1 atom stereocenters. The summed E-state index contributed by atoms with van der Waals surface area (Å²) in [7, 11) is 0. The molecule has 4 heteroatoms. The number of hydrogen-bond acceptors (Lipinski definition) is 2. The molecule has 1 aliphatic heterocycles. The fourth-order valence-corrected chi connectivity index (χ4v) is 2.50. The Kier molecular flexibility index (Phi) is 2.73. The third-order valence-corrected chi connectivity index (χ3v) is 3.49. The van der Waals surface area contributed by atoms with Crippen LogP contribution < -0.4 is 0 Å². The van der Waals surface area contributed by atoms with Gasteiger partial charge >= 0.3 is 5.97 Å². The Morgan fingerprint density at radius 3 is 2.71 bits per heavy atom. The minimum atomic E-state index is -0.742. The van der Waals surface area contributed by atoms with Gasteiger partial charge in [-0.1, -0.05) is 24.3 Å². The monoisotopic (exact) mass is 303 g/mol. The van der Waals surface area contributed by atoms with Crippen LogP contribution >= 0.6 is 22.9 Å². The van der Waals surface area contributed by atoms with Gasteiger partial charge in [-0.25, -0.2) is 3.11 Å². The molecule has 0 spiro atoms. The maximum Gasteiger partial charge on any atom is 0.322 e. The smallest absolute Gasteiger partial charge is 0.322 e. The average Bonchev–Trinajstić information content (AvgIpc) is 2.16. The third-order valence-electron chi connectivity index (χ3n) is 2.48. The van der Waals surface area contributed by atoms with Gasteiger partial charge in [0.25, 0.3) is 0 Å². The van der Waals surface area contributed by atoms with Crippen molar-refractivity contribution >= 4 is 28.8 Å². The lowest BCUT2D eigenvalue weighted by Crippen LogP contribution is -2.39. The summed E-state index contributed by atoms with van der Waals surface area (Å²) in [6.45, 7) is 0.716. The van der Waals surface area contributed by atoms with E-state index >= 15 is 0 Å². The maximum atomic E-state index is 10.9. The van der Waals surface area contributed by atoms with E-state index in [1.54, 1.807) is 0 Å². The highest BCUT2D eigenvalue weighted by Crippen LogP contribution is 2.25. The molecule has 0 radical (unpaired) electrons. The highest BCUT2D eigenvalue weighted by Gasteiger charge is 2.29. The summed E-state index contributed by atoms with van der Waals surface area (Å²) in [5.74, 6) is -0.742. The lowest BCUT2D eigenvalue weighted by molar-refractivity contribution is -0.141. The number of fused-ring (bicyclic) bond motifs is 1. The van der Waals surface area contributed by atoms with Crippen molar-refractivity contribution in [3.05, 3.63) is 35.4 Å². The highest BCUT2D eigenvalue weighted by atomic mass is 127. The summed E-state index contributed by atoms with van der Waals surface area (Å²) in [5, 5.41) is 8.99.